The van der Waals surface area contributed by atoms with Gasteiger partial charge in [0.1, 0.15) is 19.3 Å². The fourth-order valence-corrected chi connectivity index (χ4v) is 9.48. The second-order valence-corrected chi connectivity index (χ2v) is 23.7. The van der Waals surface area contributed by atoms with Gasteiger partial charge in [-0.3, -0.25) is 18.6 Å². The van der Waals surface area contributed by atoms with Crippen molar-refractivity contribution in [3.8, 4) is 0 Å². The normalized spacial score (nSPS) is 14.2. The number of rotatable bonds is 56. The van der Waals surface area contributed by atoms with E-state index in [9.17, 15) is 19.0 Å². The fraction of sp³-hybridized carbons (Fsp3) is 0.785. The van der Waals surface area contributed by atoms with Gasteiger partial charge in [-0.1, -0.05) is 235 Å². The Bertz CT molecular complexity index is 1510. The number of nitrogens with one attached hydrogen (secondary N) is 1. The van der Waals surface area contributed by atoms with E-state index in [2.05, 4.69) is 86.8 Å². The molecule has 0 aromatic carbocycles. The van der Waals surface area contributed by atoms with E-state index in [4.69, 9.17) is 13.8 Å². The fourth-order valence-electron chi connectivity index (χ4n) is 8.74. The average Bonchev–Trinajstić information content (AvgIpc) is 3.37. The third kappa shape index (κ3) is 56.0. The summed E-state index contributed by atoms with van der Waals surface area (Å²) in [5.41, 5.74) is 0. The second kappa shape index (κ2) is 54.8. The van der Waals surface area contributed by atoms with Gasteiger partial charge < -0.3 is 19.4 Å². The summed E-state index contributed by atoms with van der Waals surface area (Å²) in [4.78, 5) is 37.7. The molecule has 3 unspecified atom stereocenters. The van der Waals surface area contributed by atoms with E-state index in [1.807, 2.05) is 33.3 Å². The third-order valence-corrected chi connectivity index (χ3v) is 14.6. The van der Waals surface area contributed by atoms with Crippen LogP contribution in [-0.2, 0) is 27.9 Å². The summed E-state index contributed by atoms with van der Waals surface area (Å²) in [5, 5.41) is 3.05. The van der Waals surface area contributed by atoms with Gasteiger partial charge in [0.05, 0.1) is 33.8 Å². The van der Waals surface area contributed by atoms with Crippen LogP contribution in [0.5, 0.6) is 0 Å². The number of unbranched alkanes of at least 4 members (excludes halogenated alkanes) is 30. The Hall–Kier alpha value is -2.55. The third-order valence-electron chi connectivity index (χ3n) is 13.6. The van der Waals surface area contributed by atoms with Gasteiger partial charge in [0.2, 0.25) is 5.91 Å². The standard InChI is InChI=1S/C65H119N2O7P/c1-7-10-13-16-19-22-25-28-30-31-32-33-34-35-37-39-42-45-48-51-54-57-64(68)66-62(61-73-75(70,71)72-60-59-67(4,5)6)63(56-53-50-47-44-41-38-27-24-21-18-15-12-9-3)74-65(69)58-55-52-49-46-43-40-36-29-26-23-20-17-14-11-8-2/h19,22-23,26,28,30,32-33,35,37,53,56,62-63H,7-18,20-21,24-25,27,29,31,34,36,38-52,54-55,57-61H2,1-6H3,(H-,66,68,70,71)/p+1/b22-19-,26-23-,30-28-,33-32-,37-35-,56-53-. The van der Waals surface area contributed by atoms with Crippen molar-refractivity contribution >= 4 is 19.7 Å². The first kappa shape index (κ1) is 72.5. The molecule has 0 aliphatic rings. The Kier molecular flexibility index (Phi) is 52.9. The molecular weight excluding hydrogens is 952 g/mol. The predicted molar refractivity (Wildman–Crippen MR) is 323 cm³/mol. The van der Waals surface area contributed by atoms with Gasteiger partial charge in [-0.15, -0.1) is 0 Å². The van der Waals surface area contributed by atoms with Crippen LogP contribution in [0.1, 0.15) is 278 Å². The van der Waals surface area contributed by atoms with E-state index >= 15 is 0 Å². The summed E-state index contributed by atoms with van der Waals surface area (Å²) in [6.07, 6.45) is 70.3. The Morgan fingerprint density at radius 3 is 1.27 bits per heavy atom. The van der Waals surface area contributed by atoms with E-state index in [1.165, 1.54) is 135 Å². The highest BCUT2D eigenvalue weighted by molar-refractivity contribution is 7.47. The van der Waals surface area contributed by atoms with Crippen molar-refractivity contribution in [2.75, 3.05) is 40.9 Å². The summed E-state index contributed by atoms with van der Waals surface area (Å²) in [6, 6.07) is -0.862. The van der Waals surface area contributed by atoms with Crippen LogP contribution in [0.3, 0.4) is 0 Å². The molecule has 75 heavy (non-hydrogen) atoms. The summed E-state index contributed by atoms with van der Waals surface area (Å²) in [5.74, 6) is -0.528. The van der Waals surface area contributed by atoms with E-state index in [0.717, 1.165) is 109 Å². The minimum absolute atomic E-state index is 0.0335. The van der Waals surface area contributed by atoms with Gasteiger partial charge in [-0.2, -0.15) is 0 Å². The molecule has 0 aliphatic heterocycles. The molecule has 0 fully saturated rings. The number of carbonyl (C=O) groups is 2. The summed E-state index contributed by atoms with van der Waals surface area (Å²) in [6.45, 7) is 6.96. The molecule has 0 spiro atoms. The lowest BCUT2D eigenvalue weighted by atomic mass is 10.0. The van der Waals surface area contributed by atoms with Crippen LogP contribution in [0.4, 0.5) is 0 Å². The maximum atomic E-state index is 13.5. The van der Waals surface area contributed by atoms with Crippen molar-refractivity contribution < 1.29 is 37.3 Å². The average molecular weight is 1070 g/mol. The molecule has 0 aromatic rings. The molecule has 10 heteroatoms. The Morgan fingerprint density at radius 2 is 0.813 bits per heavy atom. The molecule has 0 aromatic heterocycles. The molecule has 9 nitrogen and oxygen atoms in total. The Morgan fingerprint density at radius 1 is 0.467 bits per heavy atom. The first-order chi connectivity index (χ1) is 36.4. The molecule has 0 saturated carbocycles. The van der Waals surface area contributed by atoms with E-state index < -0.39 is 20.0 Å². The van der Waals surface area contributed by atoms with Crippen LogP contribution >= 0.6 is 7.82 Å². The number of nitrogens with zero attached hydrogens (tertiary/aromatic N) is 1. The second-order valence-electron chi connectivity index (χ2n) is 22.2. The van der Waals surface area contributed by atoms with E-state index in [-0.39, 0.29) is 31.5 Å². The van der Waals surface area contributed by atoms with Crippen molar-refractivity contribution in [2.45, 2.75) is 290 Å². The highest BCUT2D eigenvalue weighted by Gasteiger charge is 2.30. The first-order valence-corrected chi connectivity index (χ1v) is 32.8. The van der Waals surface area contributed by atoms with Crippen LogP contribution in [0.2, 0.25) is 0 Å². The van der Waals surface area contributed by atoms with Crippen molar-refractivity contribution in [2.24, 2.45) is 0 Å². The van der Waals surface area contributed by atoms with Gasteiger partial charge in [0.25, 0.3) is 0 Å². The van der Waals surface area contributed by atoms with Crippen LogP contribution < -0.4 is 5.32 Å². The lowest BCUT2D eigenvalue weighted by Crippen LogP contribution is -2.47. The number of amides is 1. The Balaban J connectivity index is 5.32. The number of esters is 1. The monoisotopic (exact) mass is 1070 g/mol. The molecule has 0 aliphatic carbocycles. The number of carbonyl (C=O) groups excluding carboxylic acids is 2. The molecule has 1 amide bonds. The quantitative estimate of drug-likeness (QED) is 0.0205. The summed E-state index contributed by atoms with van der Waals surface area (Å²) < 4.78 is 30.7. The van der Waals surface area contributed by atoms with E-state index in [0.29, 0.717) is 17.4 Å². The molecule has 436 valence electrons. The first-order valence-electron chi connectivity index (χ1n) is 31.3. The maximum absolute atomic E-state index is 13.5. The van der Waals surface area contributed by atoms with Crippen LogP contribution in [0.25, 0.3) is 0 Å². The number of quaternary nitrogens is 1. The van der Waals surface area contributed by atoms with Crippen LogP contribution in [-0.4, -0.2) is 74.3 Å². The van der Waals surface area contributed by atoms with Gasteiger partial charge in [-0.05, 0) is 102 Å². The number of hydrogen-bond acceptors (Lipinski definition) is 6. The maximum Gasteiger partial charge on any atom is 0.472 e. The van der Waals surface area contributed by atoms with Gasteiger partial charge in [0.15, 0.2) is 0 Å². The zero-order chi connectivity index (χ0) is 55.0. The lowest BCUT2D eigenvalue weighted by molar-refractivity contribution is -0.870. The van der Waals surface area contributed by atoms with Gasteiger partial charge in [-0.25, -0.2) is 4.57 Å². The molecular formula is C65H120N2O7P+. The number of hydrogen-bond donors (Lipinski definition) is 2. The zero-order valence-electron chi connectivity index (χ0n) is 49.8. The van der Waals surface area contributed by atoms with Crippen molar-refractivity contribution in [3.63, 3.8) is 0 Å². The highest BCUT2D eigenvalue weighted by atomic mass is 31.2. The molecule has 0 bridgehead atoms. The Labute approximate surface area is 463 Å². The molecule has 0 rings (SSSR count). The molecule has 3 atom stereocenters. The van der Waals surface area contributed by atoms with Crippen molar-refractivity contribution in [1.29, 1.82) is 0 Å². The zero-order valence-corrected chi connectivity index (χ0v) is 50.7. The number of likely N-dealkylation sites (N-methyl/N-ethyl adjacent to an activating group) is 1. The highest BCUT2D eigenvalue weighted by Crippen LogP contribution is 2.43. The minimum atomic E-state index is -4.46. The minimum Gasteiger partial charge on any atom is -0.456 e. The smallest absolute Gasteiger partial charge is 0.456 e. The number of allylic oxidation sites excluding steroid dienone is 11. The topological polar surface area (TPSA) is 111 Å². The van der Waals surface area contributed by atoms with Gasteiger partial charge >= 0.3 is 13.8 Å². The molecule has 2 N–H and O–H groups in total. The largest absolute Gasteiger partial charge is 0.472 e. The van der Waals surface area contributed by atoms with Crippen molar-refractivity contribution in [1.82, 2.24) is 5.32 Å². The number of phosphoric ester groups is 1. The number of ether oxygens (including phenoxy) is 1. The predicted octanol–water partition coefficient (Wildman–Crippen LogP) is 19.2. The summed E-state index contributed by atoms with van der Waals surface area (Å²) in [7, 11) is 1.48. The van der Waals surface area contributed by atoms with Gasteiger partial charge in [0, 0.05) is 12.8 Å². The van der Waals surface area contributed by atoms with Crippen LogP contribution in [0, 0.1) is 0 Å². The van der Waals surface area contributed by atoms with E-state index in [1.54, 1.807) is 0 Å². The number of phosphoric acid groups is 1. The van der Waals surface area contributed by atoms with Crippen LogP contribution in [0.15, 0.2) is 72.9 Å². The lowest BCUT2D eigenvalue weighted by Gasteiger charge is -2.27. The summed E-state index contributed by atoms with van der Waals surface area (Å²) >= 11 is 0. The SMILES string of the molecule is CCCCC/C=C\C/C=C\C/C=C\C/C=C\CCCCCCCC(=O)NC(COP(=O)(O)OCC[N+](C)(C)C)C(/C=C\CCCCCCCCCCCCC)OC(=O)CCCCCCCCC/C=C\CCCCCC. The molecule has 0 saturated heterocycles. The molecule has 0 heterocycles. The van der Waals surface area contributed by atoms with Crippen molar-refractivity contribution in [3.05, 3.63) is 72.9 Å². The molecule has 0 radical (unpaired) electrons.